The number of carbonyl (C=O) groups is 2. The fraction of sp³-hybridized carbons (Fsp3) is 0.323. The van der Waals surface area contributed by atoms with E-state index in [9.17, 15) is 9.59 Å². The maximum Gasteiger partial charge on any atom is 0.289 e. The summed E-state index contributed by atoms with van der Waals surface area (Å²) >= 11 is 7.88. The monoisotopic (exact) mass is 615 g/mol. The van der Waals surface area contributed by atoms with Crippen molar-refractivity contribution in [3.63, 3.8) is 0 Å². The summed E-state index contributed by atoms with van der Waals surface area (Å²) in [7, 11) is 0. The number of nitrogens with two attached hydrogens (primary N) is 1. The van der Waals surface area contributed by atoms with Crippen molar-refractivity contribution < 1.29 is 14.0 Å². The van der Waals surface area contributed by atoms with Crippen LogP contribution in [0.25, 0.3) is 5.00 Å². The summed E-state index contributed by atoms with van der Waals surface area (Å²) in [6, 6.07) is 10.3. The predicted octanol–water partition coefficient (Wildman–Crippen LogP) is 4.08. The highest BCUT2D eigenvalue weighted by atomic mass is 35.5. The third-order valence-corrected chi connectivity index (χ3v) is 9.22. The zero-order valence-corrected chi connectivity index (χ0v) is 25.6. The first-order chi connectivity index (χ1) is 20.7. The zero-order valence-electron chi connectivity index (χ0n) is 24.1. The van der Waals surface area contributed by atoms with Gasteiger partial charge in [-0.2, -0.15) is 0 Å². The molecule has 10 nitrogen and oxygen atoms in total. The van der Waals surface area contributed by atoms with Crippen LogP contribution in [0, 0.1) is 32.6 Å². The fourth-order valence-electron chi connectivity index (χ4n) is 5.40. The van der Waals surface area contributed by atoms with Gasteiger partial charge in [-0.25, -0.2) is 0 Å². The molecule has 0 bridgehead atoms. The molecule has 0 saturated carbocycles. The van der Waals surface area contributed by atoms with Gasteiger partial charge in [-0.3, -0.25) is 19.1 Å². The van der Waals surface area contributed by atoms with Gasteiger partial charge in [0, 0.05) is 47.2 Å². The van der Waals surface area contributed by atoms with Crippen LogP contribution in [0.5, 0.6) is 0 Å². The summed E-state index contributed by atoms with van der Waals surface area (Å²) < 4.78 is 7.61. The predicted molar refractivity (Wildman–Crippen MR) is 165 cm³/mol. The van der Waals surface area contributed by atoms with Crippen LogP contribution in [0.15, 0.2) is 45.8 Å². The number of aryl methyl sites for hydroxylation is 2. The molecule has 2 aliphatic heterocycles. The van der Waals surface area contributed by atoms with Gasteiger partial charge in [0.05, 0.1) is 18.7 Å². The van der Waals surface area contributed by atoms with E-state index in [2.05, 4.69) is 35.9 Å². The molecule has 2 amide bonds. The summed E-state index contributed by atoms with van der Waals surface area (Å²) in [5.41, 5.74) is 9.29. The molecule has 0 spiro atoms. The van der Waals surface area contributed by atoms with Crippen molar-refractivity contribution in [3.05, 3.63) is 86.2 Å². The Hall–Kier alpha value is -4.24. The molecular weight excluding hydrogens is 586 g/mol. The number of carbonyl (C=O) groups excluding carboxylic acids is 2. The summed E-state index contributed by atoms with van der Waals surface area (Å²) in [5.74, 6) is 7.21. The highest BCUT2D eigenvalue weighted by Gasteiger charge is 2.34. The van der Waals surface area contributed by atoms with Crippen LogP contribution in [0.3, 0.4) is 0 Å². The van der Waals surface area contributed by atoms with Gasteiger partial charge in [0.25, 0.3) is 5.91 Å². The lowest BCUT2D eigenvalue weighted by atomic mass is 9.99. The van der Waals surface area contributed by atoms with Gasteiger partial charge in [-0.05, 0) is 56.5 Å². The van der Waals surface area contributed by atoms with Crippen molar-refractivity contribution in [2.75, 3.05) is 32.7 Å². The molecule has 1 fully saturated rings. The third kappa shape index (κ3) is 5.49. The second-order valence-electron chi connectivity index (χ2n) is 10.5. The molecule has 2 N–H and O–H groups in total. The second-order valence-corrected chi connectivity index (χ2v) is 12.1. The summed E-state index contributed by atoms with van der Waals surface area (Å²) in [4.78, 5) is 36.6. The average Bonchev–Trinajstić information content (AvgIpc) is 3.69. The van der Waals surface area contributed by atoms with Crippen LogP contribution >= 0.6 is 22.9 Å². The number of halogens is 1. The Morgan fingerprint density at radius 1 is 1.05 bits per heavy atom. The number of thiophene rings is 1. The lowest BCUT2D eigenvalue weighted by Gasteiger charge is -2.34. The molecule has 2 aliphatic rings. The number of hydrogen-bond acceptors (Lipinski definition) is 8. The number of piperazine rings is 1. The minimum atomic E-state index is -0.547. The van der Waals surface area contributed by atoms with Crippen molar-refractivity contribution in [2.45, 2.75) is 33.2 Å². The maximum absolute atomic E-state index is 13.7. The fourth-order valence-corrected chi connectivity index (χ4v) is 6.74. The lowest BCUT2D eigenvalue weighted by molar-refractivity contribution is -0.133. The summed E-state index contributed by atoms with van der Waals surface area (Å²) in [6.45, 7) is 7.92. The molecule has 1 saturated heterocycles. The Labute approximate surface area is 258 Å². The Morgan fingerprint density at radius 3 is 2.49 bits per heavy atom. The van der Waals surface area contributed by atoms with E-state index in [1.807, 2.05) is 35.8 Å². The first-order valence-electron chi connectivity index (χ1n) is 14.0. The molecule has 220 valence electrons. The first-order valence-corrected chi connectivity index (χ1v) is 15.2. The molecule has 0 aliphatic carbocycles. The standard InChI is InChI=1S/C31H30ClN7O3S/c1-18-19(2)43-31-27(18)28(21-6-8-22(32)9-7-21)34-24(29-36-35-20(3)39(29)31)17-26(40)37-13-15-38(16-14-37)30(41)25-11-10-23(42-25)5-4-12-33/h6-11,24H,12-17,33H2,1-3H3/t24-/m0/s1. The van der Waals surface area contributed by atoms with Gasteiger partial charge in [0.15, 0.2) is 17.3 Å². The first kappa shape index (κ1) is 28.9. The molecule has 1 aromatic carbocycles. The highest BCUT2D eigenvalue weighted by molar-refractivity contribution is 7.15. The van der Waals surface area contributed by atoms with Crippen molar-refractivity contribution in [2.24, 2.45) is 10.7 Å². The summed E-state index contributed by atoms with van der Waals surface area (Å²) in [6.07, 6.45) is 0.123. The number of nitrogens with zero attached hydrogens (tertiary/aromatic N) is 6. The van der Waals surface area contributed by atoms with Crippen LogP contribution in [0.1, 0.15) is 62.0 Å². The van der Waals surface area contributed by atoms with Gasteiger partial charge in [-0.1, -0.05) is 29.7 Å². The number of aromatic nitrogens is 3. The van der Waals surface area contributed by atoms with Gasteiger partial charge in [0.1, 0.15) is 16.9 Å². The maximum atomic E-state index is 13.7. The van der Waals surface area contributed by atoms with Crippen LogP contribution in [0.2, 0.25) is 5.02 Å². The Morgan fingerprint density at radius 2 is 1.77 bits per heavy atom. The van der Waals surface area contributed by atoms with Crippen LogP contribution in [0.4, 0.5) is 0 Å². The average molecular weight is 616 g/mol. The Balaban J connectivity index is 1.24. The number of furan rings is 1. The van der Waals surface area contributed by atoms with Gasteiger partial charge in [0.2, 0.25) is 5.91 Å². The smallest absolute Gasteiger partial charge is 0.289 e. The molecule has 0 radical (unpaired) electrons. The molecular formula is C31H30ClN7O3S. The number of hydrogen-bond donors (Lipinski definition) is 1. The van der Waals surface area contributed by atoms with Gasteiger partial charge < -0.3 is 20.0 Å². The number of amides is 2. The number of fused-ring (bicyclic) bond motifs is 3. The summed E-state index contributed by atoms with van der Waals surface area (Å²) in [5, 5.41) is 10.5. The largest absolute Gasteiger partial charge is 0.443 e. The lowest BCUT2D eigenvalue weighted by Crippen LogP contribution is -2.50. The van der Waals surface area contributed by atoms with Gasteiger partial charge in [-0.15, -0.1) is 21.5 Å². The normalized spacial score (nSPS) is 16.1. The van der Waals surface area contributed by atoms with Crippen molar-refractivity contribution >= 4 is 40.5 Å². The van der Waals surface area contributed by atoms with Crippen molar-refractivity contribution in [3.8, 4) is 16.8 Å². The molecule has 0 unspecified atom stereocenters. The Bertz CT molecular complexity index is 1800. The Kier molecular flexibility index (Phi) is 7.92. The van der Waals surface area contributed by atoms with Crippen LogP contribution in [-0.4, -0.2) is 74.8 Å². The van der Waals surface area contributed by atoms with E-state index < -0.39 is 6.04 Å². The molecule has 3 aromatic heterocycles. The van der Waals surface area contributed by atoms with E-state index in [1.54, 1.807) is 33.3 Å². The van der Waals surface area contributed by atoms with E-state index in [4.69, 9.17) is 26.7 Å². The highest BCUT2D eigenvalue weighted by Crippen LogP contribution is 2.39. The van der Waals surface area contributed by atoms with E-state index >= 15 is 0 Å². The molecule has 6 rings (SSSR count). The van der Waals surface area contributed by atoms with Crippen molar-refractivity contribution in [1.82, 2.24) is 24.6 Å². The molecule has 12 heteroatoms. The van der Waals surface area contributed by atoms with Crippen LogP contribution < -0.4 is 5.73 Å². The number of rotatable bonds is 4. The van der Waals surface area contributed by atoms with Gasteiger partial charge >= 0.3 is 0 Å². The topological polar surface area (TPSA) is 123 Å². The molecule has 1 atom stereocenters. The van der Waals surface area contributed by atoms with E-state index in [0.717, 1.165) is 33.2 Å². The SMILES string of the molecule is Cc1sc2c(c1C)C(c1ccc(Cl)cc1)=N[C@@H](CC(=O)N1CCN(C(=O)c3ccc(C#CCN)o3)CC1)c1nnc(C)n1-2. The minimum Gasteiger partial charge on any atom is -0.443 e. The quantitative estimate of drug-likeness (QED) is 0.345. The molecule has 5 heterocycles. The zero-order chi connectivity index (χ0) is 30.2. The van der Waals surface area contributed by atoms with Crippen LogP contribution in [-0.2, 0) is 4.79 Å². The third-order valence-electron chi connectivity index (χ3n) is 7.78. The second kappa shape index (κ2) is 11.8. The van der Waals surface area contributed by atoms with E-state index in [0.29, 0.717) is 42.8 Å². The molecule has 43 heavy (non-hydrogen) atoms. The van der Waals surface area contributed by atoms with E-state index in [1.165, 1.54) is 4.88 Å². The van der Waals surface area contributed by atoms with Crippen molar-refractivity contribution in [1.29, 1.82) is 0 Å². The minimum absolute atomic E-state index is 0.0565. The van der Waals surface area contributed by atoms with E-state index in [-0.39, 0.29) is 30.5 Å². The molecule has 4 aromatic rings. The number of aliphatic imine (C=N–C) groups is 1. The number of benzene rings is 1.